The fourth-order valence-corrected chi connectivity index (χ4v) is 2.65. The molecule has 0 aromatic carbocycles. The molecular weight excluding hydrogens is 304 g/mol. The van der Waals surface area contributed by atoms with Gasteiger partial charge in [0, 0.05) is 10.6 Å². The highest BCUT2D eigenvalue weighted by Crippen LogP contribution is 2.31. The van der Waals surface area contributed by atoms with Gasteiger partial charge in [0.2, 0.25) is 0 Å². The minimum Gasteiger partial charge on any atom is -0.480 e. The van der Waals surface area contributed by atoms with Crippen LogP contribution in [0, 0.1) is 24.7 Å². The van der Waals surface area contributed by atoms with Gasteiger partial charge in [0.05, 0.1) is 0 Å². The smallest absolute Gasteiger partial charge is 0.327 e. The van der Waals surface area contributed by atoms with Crippen LogP contribution in [0.1, 0.15) is 37.4 Å². The monoisotopic (exact) mass is 322 g/mol. The lowest BCUT2D eigenvalue weighted by atomic mass is 9.86. The van der Waals surface area contributed by atoms with Crippen molar-refractivity contribution in [3.8, 4) is 0 Å². The molecule has 2 N–H and O–H groups in total. The number of nitrogens with zero attached hydrogens (tertiary/aromatic N) is 1. The third-order valence-corrected chi connectivity index (χ3v) is 3.64. The summed E-state index contributed by atoms with van der Waals surface area (Å²) >= 11 is 1.32. The summed E-state index contributed by atoms with van der Waals surface area (Å²) in [6.45, 7) is 9.42. The van der Waals surface area contributed by atoms with E-state index >= 15 is 0 Å². The first-order chi connectivity index (χ1) is 7.16. The van der Waals surface area contributed by atoms with Crippen molar-refractivity contribution in [3.63, 3.8) is 0 Å². The van der Waals surface area contributed by atoms with E-state index in [4.69, 9.17) is 5.41 Å². The molecule has 1 rings (SSSR count). The summed E-state index contributed by atoms with van der Waals surface area (Å²) in [4.78, 5) is 12.7. The predicted octanol–water partition coefficient (Wildman–Crippen LogP) is 2.90. The SMILES string of the molecule is Br.Cc1sc(=N)n(C(C(=O)O)C(C)(C)C)c1C. The van der Waals surface area contributed by atoms with Gasteiger partial charge in [-0.05, 0) is 19.3 Å². The second-order valence-corrected chi connectivity index (χ2v) is 6.23. The molecule has 6 heteroatoms. The molecule has 1 aromatic heterocycles. The maximum absolute atomic E-state index is 11.4. The summed E-state index contributed by atoms with van der Waals surface area (Å²) in [5.41, 5.74) is 0.460. The summed E-state index contributed by atoms with van der Waals surface area (Å²) in [6.07, 6.45) is 0. The van der Waals surface area contributed by atoms with Gasteiger partial charge < -0.3 is 9.67 Å². The van der Waals surface area contributed by atoms with Crippen molar-refractivity contribution in [1.82, 2.24) is 4.57 Å². The minimum atomic E-state index is -0.883. The average molecular weight is 323 g/mol. The molecule has 0 aliphatic rings. The third-order valence-electron chi connectivity index (χ3n) is 2.65. The molecule has 0 aliphatic carbocycles. The summed E-state index contributed by atoms with van der Waals surface area (Å²) in [7, 11) is 0. The number of hydrogen-bond acceptors (Lipinski definition) is 3. The van der Waals surface area contributed by atoms with Gasteiger partial charge in [-0.3, -0.25) is 5.41 Å². The lowest BCUT2D eigenvalue weighted by molar-refractivity contribution is -0.144. The lowest BCUT2D eigenvalue weighted by Gasteiger charge is -2.29. The van der Waals surface area contributed by atoms with Crippen LogP contribution in [-0.2, 0) is 4.79 Å². The molecule has 98 valence electrons. The van der Waals surface area contributed by atoms with Gasteiger partial charge in [-0.2, -0.15) is 0 Å². The Labute approximate surface area is 116 Å². The van der Waals surface area contributed by atoms with E-state index in [0.29, 0.717) is 4.80 Å². The average Bonchev–Trinajstić information content (AvgIpc) is 2.29. The molecule has 17 heavy (non-hydrogen) atoms. The highest BCUT2D eigenvalue weighted by Gasteiger charge is 2.34. The van der Waals surface area contributed by atoms with Crippen LogP contribution in [0.5, 0.6) is 0 Å². The van der Waals surface area contributed by atoms with Crippen molar-refractivity contribution in [2.75, 3.05) is 0 Å². The Kier molecular flexibility index (Phi) is 5.16. The van der Waals surface area contributed by atoms with Crippen molar-refractivity contribution in [2.24, 2.45) is 5.41 Å². The number of aryl methyl sites for hydroxylation is 1. The van der Waals surface area contributed by atoms with E-state index in [-0.39, 0.29) is 17.0 Å². The molecule has 4 nitrogen and oxygen atoms in total. The molecule has 0 aliphatic heterocycles. The highest BCUT2D eigenvalue weighted by atomic mass is 79.9. The molecule has 1 heterocycles. The fraction of sp³-hybridized carbons (Fsp3) is 0.636. The van der Waals surface area contributed by atoms with Gasteiger partial charge in [0.15, 0.2) is 4.80 Å². The van der Waals surface area contributed by atoms with Gasteiger partial charge >= 0.3 is 5.97 Å². The van der Waals surface area contributed by atoms with Crippen LogP contribution in [0.4, 0.5) is 0 Å². The zero-order valence-corrected chi connectivity index (χ0v) is 13.2. The molecule has 1 atom stereocenters. The first-order valence-electron chi connectivity index (χ1n) is 5.12. The number of rotatable bonds is 2. The van der Waals surface area contributed by atoms with Gasteiger partial charge in [-0.25, -0.2) is 4.79 Å². The summed E-state index contributed by atoms with van der Waals surface area (Å²) in [5, 5.41) is 17.2. The second-order valence-electron chi connectivity index (χ2n) is 5.03. The Hall–Kier alpha value is -0.620. The molecule has 0 amide bonds. The van der Waals surface area contributed by atoms with Crippen molar-refractivity contribution in [1.29, 1.82) is 5.41 Å². The molecule has 1 aromatic rings. The van der Waals surface area contributed by atoms with Crippen molar-refractivity contribution < 1.29 is 9.90 Å². The quantitative estimate of drug-likeness (QED) is 0.879. The maximum Gasteiger partial charge on any atom is 0.327 e. The molecule has 0 saturated heterocycles. The summed E-state index contributed by atoms with van der Waals surface area (Å²) in [6, 6.07) is -0.690. The molecule has 0 bridgehead atoms. The normalized spacial score (nSPS) is 13.0. The van der Waals surface area contributed by atoms with Crippen LogP contribution >= 0.6 is 28.3 Å². The Bertz CT molecular complexity index is 471. The molecule has 0 spiro atoms. The van der Waals surface area contributed by atoms with E-state index in [1.807, 2.05) is 34.6 Å². The van der Waals surface area contributed by atoms with Gasteiger partial charge in [-0.1, -0.05) is 20.8 Å². The number of halogens is 1. The molecule has 0 fully saturated rings. The number of aromatic nitrogens is 1. The lowest BCUT2D eigenvalue weighted by Crippen LogP contribution is -2.36. The number of nitrogens with one attached hydrogen (secondary N) is 1. The van der Waals surface area contributed by atoms with E-state index < -0.39 is 17.4 Å². The van der Waals surface area contributed by atoms with Gasteiger partial charge in [-0.15, -0.1) is 28.3 Å². The number of thiazole rings is 1. The van der Waals surface area contributed by atoms with Gasteiger partial charge in [0.25, 0.3) is 0 Å². The maximum atomic E-state index is 11.4. The van der Waals surface area contributed by atoms with Crippen LogP contribution < -0.4 is 4.80 Å². The van der Waals surface area contributed by atoms with E-state index in [1.54, 1.807) is 4.57 Å². The van der Waals surface area contributed by atoms with Gasteiger partial charge in [0.1, 0.15) is 6.04 Å². The van der Waals surface area contributed by atoms with Crippen LogP contribution in [0.15, 0.2) is 0 Å². The zero-order valence-electron chi connectivity index (χ0n) is 10.7. The Morgan fingerprint density at radius 3 is 2.12 bits per heavy atom. The molecule has 1 unspecified atom stereocenters. The van der Waals surface area contributed by atoms with E-state index in [0.717, 1.165) is 10.6 Å². The predicted molar refractivity (Wildman–Crippen MR) is 74.1 cm³/mol. The Morgan fingerprint density at radius 1 is 1.41 bits per heavy atom. The molecule has 0 radical (unpaired) electrons. The number of aliphatic carboxylic acids is 1. The van der Waals surface area contributed by atoms with Crippen molar-refractivity contribution in [3.05, 3.63) is 15.4 Å². The largest absolute Gasteiger partial charge is 0.480 e. The van der Waals surface area contributed by atoms with Crippen LogP contribution in [0.3, 0.4) is 0 Å². The van der Waals surface area contributed by atoms with Crippen molar-refractivity contribution >= 4 is 34.3 Å². The van der Waals surface area contributed by atoms with Crippen LogP contribution in [0.25, 0.3) is 0 Å². The Balaban J connectivity index is 0.00000256. The summed E-state index contributed by atoms with van der Waals surface area (Å²) < 4.78 is 1.61. The Morgan fingerprint density at radius 2 is 1.88 bits per heavy atom. The van der Waals surface area contributed by atoms with Crippen molar-refractivity contribution in [2.45, 2.75) is 40.7 Å². The highest BCUT2D eigenvalue weighted by molar-refractivity contribution is 8.93. The zero-order chi connectivity index (χ0) is 12.7. The third kappa shape index (κ3) is 3.19. The first kappa shape index (κ1) is 16.4. The van der Waals surface area contributed by atoms with Crippen LogP contribution in [-0.4, -0.2) is 15.6 Å². The number of carboxylic acids is 1. The molecular formula is C11H19BrN2O2S. The van der Waals surface area contributed by atoms with E-state index in [2.05, 4.69) is 0 Å². The minimum absolute atomic E-state index is 0. The van der Waals surface area contributed by atoms with Crippen LogP contribution in [0.2, 0.25) is 0 Å². The van der Waals surface area contributed by atoms with E-state index in [1.165, 1.54) is 11.3 Å². The fourth-order valence-electron chi connectivity index (χ4n) is 1.77. The topological polar surface area (TPSA) is 66.1 Å². The number of hydrogen-bond donors (Lipinski definition) is 2. The van der Waals surface area contributed by atoms with E-state index in [9.17, 15) is 9.90 Å². The second kappa shape index (κ2) is 5.35. The summed E-state index contributed by atoms with van der Waals surface area (Å²) in [5.74, 6) is -0.883. The number of carboxylic acid groups (broad SMARTS) is 1. The number of carbonyl (C=O) groups is 1. The standard InChI is InChI=1S/C11H18N2O2S.BrH/c1-6-7(2)16-10(12)13(6)8(9(14)15)11(3,4)5;/h8,12H,1-5H3,(H,14,15);1H. The first-order valence-corrected chi connectivity index (χ1v) is 5.94. The molecule has 0 saturated carbocycles.